The maximum Gasteiger partial charge on any atom is 0.264 e. The van der Waals surface area contributed by atoms with Crippen molar-refractivity contribution in [3.05, 3.63) is 39.6 Å². The number of thiophene rings is 1. The average Bonchev–Trinajstić information content (AvgIpc) is 3.56. The van der Waals surface area contributed by atoms with E-state index in [1.807, 2.05) is 0 Å². The minimum Gasteiger partial charge on any atom is -0.366 e. The number of aromatic nitrogens is 2. The zero-order valence-corrected chi connectivity index (χ0v) is 19.9. The summed E-state index contributed by atoms with van der Waals surface area (Å²) in [7, 11) is 0. The van der Waals surface area contributed by atoms with Gasteiger partial charge in [-0.15, -0.1) is 22.9 Å². The van der Waals surface area contributed by atoms with E-state index in [-0.39, 0.29) is 42.2 Å². The summed E-state index contributed by atoms with van der Waals surface area (Å²) in [6.07, 6.45) is 5.79. The van der Waals surface area contributed by atoms with Gasteiger partial charge < -0.3 is 15.0 Å². The molecule has 2 saturated heterocycles. The lowest BCUT2D eigenvalue weighted by Gasteiger charge is -2.34. The van der Waals surface area contributed by atoms with Crippen LogP contribution in [0.25, 0.3) is 10.4 Å². The maximum absolute atomic E-state index is 13.7. The third-order valence-electron chi connectivity index (χ3n) is 6.86. The molecule has 4 unspecified atom stereocenters. The Morgan fingerprint density at radius 2 is 2.03 bits per heavy atom. The van der Waals surface area contributed by atoms with Crippen LogP contribution >= 0.6 is 22.9 Å². The minimum atomic E-state index is -0.740. The molecule has 2 amide bonds. The molecule has 9 nitrogen and oxygen atoms in total. The number of rotatable bonds is 5. The van der Waals surface area contributed by atoms with Gasteiger partial charge in [0.2, 0.25) is 5.91 Å². The topological polar surface area (TPSA) is 121 Å². The average molecular weight is 505 g/mol. The molecular formula is C23H25ClN4O5S. The standard InChI is InChI=1S/C23H25ClN4O5S/c24-14-10-28(20-15(29)11-33-21(14)20)23(32)19(12-4-2-1-3-5-12)26-22(31)17-7-6-16(34-17)13-8-18(30)27-25-9-13/h6-9,12,14,19-21H,1-5,10-11H2,(H,26,31)(H,27,30). The van der Waals surface area contributed by atoms with Gasteiger partial charge in [-0.05, 0) is 30.9 Å². The molecule has 0 bridgehead atoms. The van der Waals surface area contributed by atoms with E-state index in [0.717, 1.165) is 37.0 Å². The Labute approximate surface area is 204 Å². The molecule has 11 heteroatoms. The molecule has 2 aliphatic heterocycles. The van der Waals surface area contributed by atoms with Crippen molar-refractivity contribution in [3.8, 4) is 10.4 Å². The monoisotopic (exact) mass is 504 g/mol. The smallest absolute Gasteiger partial charge is 0.264 e. The first-order valence-corrected chi connectivity index (χ1v) is 12.7. The number of likely N-dealkylation sites (tertiary alicyclic amines) is 1. The van der Waals surface area contributed by atoms with E-state index in [4.69, 9.17) is 16.3 Å². The highest BCUT2D eigenvalue weighted by Gasteiger charge is 2.53. The van der Waals surface area contributed by atoms with Crippen LogP contribution < -0.4 is 10.9 Å². The number of ether oxygens (including phenoxy) is 1. The molecule has 2 aromatic heterocycles. The van der Waals surface area contributed by atoms with Crippen molar-refractivity contribution in [2.24, 2.45) is 5.92 Å². The number of fused-ring (bicyclic) bond motifs is 1. The second kappa shape index (κ2) is 9.59. The number of amides is 2. The second-order valence-electron chi connectivity index (χ2n) is 9.04. The van der Waals surface area contributed by atoms with Crippen molar-refractivity contribution in [1.29, 1.82) is 0 Å². The van der Waals surface area contributed by atoms with Gasteiger partial charge in [0, 0.05) is 23.1 Å². The molecule has 0 radical (unpaired) electrons. The van der Waals surface area contributed by atoms with E-state index in [0.29, 0.717) is 10.4 Å². The number of alkyl halides is 1. The minimum absolute atomic E-state index is 0.00763. The SMILES string of the molecule is O=C(NC(C(=O)N1CC(Cl)C2OCC(=O)C21)C1CCCCC1)c1ccc(-c2cn[nH]c(=O)c2)s1. The highest BCUT2D eigenvalue weighted by molar-refractivity contribution is 7.17. The lowest BCUT2D eigenvalue weighted by Crippen LogP contribution is -2.55. The molecule has 0 aromatic carbocycles. The summed E-state index contributed by atoms with van der Waals surface area (Å²) in [6, 6.07) is 3.42. The highest BCUT2D eigenvalue weighted by Crippen LogP contribution is 2.34. The fourth-order valence-electron chi connectivity index (χ4n) is 5.19. The van der Waals surface area contributed by atoms with Crippen molar-refractivity contribution >= 4 is 40.5 Å². The number of carbonyl (C=O) groups is 3. The van der Waals surface area contributed by atoms with Crippen molar-refractivity contribution in [2.75, 3.05) is 13.2 Å². The number of ketones is 1. The summed E-state index contributed by atoms with van der Waals surface area (Å²) in [5.74, 6) is -0.783. The molecule has 5 rings (SSSR count). The van der Waals surface area contributed by atoms with E-state index in [9.17, 15) is 19.2 Å². The Balaban J connectivity index is 1.37. The van der Waals surface area contributed by atoms with Gasteiger partial charge in [-0.1, -0.05) is 19.3 Å². The van der Waals surface area contributed by atoms with E-state index in [2.05, 4.69) is 15.5 Å². The summed E-state index contributed by atoms with van der Waals surface area (Å²) in [6.45, 7) is 0.178. The van der Waals surface area contributed by atoms with Crippen LogP contribution in [0.1, 0.15) is 41.8 Å². The Morgan fingerprint density at radius 1 is 1.24 bits per heavy atom. The van der Waals surface area contributed by atoms with Gasteiger partial charge in [0.1, 0.15) is 24.8 Å². The normalized spacial score (nSPS) is 25.9. The Hall–Kier alpha value is -2.56. The highest BCUT2D eigenvalue weighted by atomic mass is 35.5. The number of Topliss-reactive ketones (excluding diaryl/α,β-unsaturated/α-hetero) is 1. The predicted octanol–water partition coefficient (Wildman–Crippen LogP) is 1.96. The number of carbonyl (C=O) groups excluding carboxylic acids is 3. The molecule has 3 aliphatic rings. The Morgan fingerprint density at radius 3 is 2.79 bits per heavy atom. The maximum atomic E-state index is 13.7. The van der Waals surface area contributed by atoms with Crippen LogP contribution in [0.4, 0.5) is 0 Å². The molecule has 3 fully saturated rings. The van der Waals surface area contributed by atoms with Gasteiger partial charge in [-0.2, -0.15) is 5.10 Å². The number of H-pyrrole nitrogens is 1. The van der Waals surface area contributed by atoms with Crippen LogP contribution in [0.15, 0.2) is 29.2 Å². The van der Waals surface area contributed by atoms with E-state index in [1.54, 1.807) is 12.1 Å². The van der Waals surface area contributed by atoms with Crippen LogP contribution in [-0.2, 0) is 14.3 Å². The van der Waals surface area contributed by atoms with Crippen LogP contribution in [0, 0.1) is 5.92 Å². The number of hydrogen-bond donors (Lipinski definition) is 2. The van der Waals surface area contributed by atoms with Crippen LogP contribution in [0.5, 0.6) is 0 Å². The zero-order valence-electron chi connectivity index (χ0n) is 18.4. The zero-order chi connectivity index (χ0) is 23.8. The number of nitrogens with zero attached hydrogens (tertiary/aromatic N) is 2. The fraction of sp³-hybridized carbons (Fsp3) is 0.522. The molecule has 4 heterocycles. The molecule has 180 valence electrons. The summed E-state index contributed by atoms with van der Waals surface area (Å²) in [5.41, 5.74) is 0.288. The number of nitrogens with one attached hydrogen (secondary N) is 2. The van der Waals surface area contributed by atoms with Gasteiger partial charge in [0.25, 0.3) is 11.5 Å². The molecule has 2 aromatic rings. The molecule has 1 saturated carbocycles. The molecule has 0 spiro atoms. The second-order valence-corrected chi connectivity index (χ2v) is 10.7. The van der Waals surface area contributed by atoms with Crippen molar-refractivity contribution in [1.82, 2.24) is 20.4 Å². The van der Waals surface area contributed by atoms with Crippen molar-refractivity contribution in [2.45, 2.75) is 55.7 Å². The number of hydrogen-bond acceptors (Lipinski definition) is 7. The summed E-state index contributed by atoms with van der Waals surface area (Å²) >= 11 is 7.62. The molecular weight excluding hydrogens is 480 g/mol. The Bertz CT molecular complexity index is 1160. The van der Waals surface area contributed by atoms with Gasteiger partial charge in [-0.25, -0.2) is 5.10 Å². The van der Waals surface area contributed by atoms with Gasteiger partial charge >= 0.3 is 0 Å². The molecule has 4 atom stereocenters. The fourth-order valence-corrected chi connectivity index (χ4v) is 6.44. The molecule has 2 N–H and O–H groups in total. The summed E-state index contributed by atoms with van der Waals surface area (Å²) in [5, 5.41) is 8.64. The molecule has 1 aliphatic carbocycles. The largest absolute Gasteiger partial charge is 0.366 e. The van der Waals surface area contributed by atoms with Gasteiger partial charge in [0.05, 0.1) is 16.5 Å². The lowest BCUT2D eigenvalue weighted by molar-refractivity contribution is -0.139. The van der Waals surface area contributed by atoms with E-state index >= 15 is 0 Å². The summed E-state index contributed by atoms with van der Waals surface area (Å²) in [4.78, 5) is 53.6. The van der Waals surface area contributed by atoms with Crippen molar-refractivity contribution in [3.63, 3.8) is 0 Å². The lowest BCUT2D eigenvalue weighted by atomic mass is 9.83. The quantitative estimate of drug-likeness (QED) is 0.600. The van der Waals surface area contributed by atoms with Crippen LogP contribution in [0.3, 0.4) is 0 Å². The summed E-state index contributed by atoms with van der Waals surface area (Å²) < 4.78 is 5.52. The third kappa shape index (κ3) is 4.42. The van der Waals surface area contributed by atoms with Gasteiger partial charge in [-0.3, -0.25) is 19.2 Å². The van der Waals surface area contributed by atoms with E-state index in [1.165, 1.54) is 28.5 Å². The first-order chi connectivity index (χ1) is 16.4. The van der Waals surface area contributed by atoms with Crippen LogP contribution in [0.2, 0.25) is 0 Å². The first-order valence-electron chi connectivity index (χ1n) is 11.5. The predicted molar refractivity (Wildman–Crippen MR) is 126 cm³/mol. The Kier molecular flexibility index (Phi) is 6.54. The van der Waals surface area contributed by atoms with E-state index < -0.39 is 23.6 Å². The number of aromatic amines is 1. The van der Waals surface area contributed by atoms with Crippen LogP contribution in [-0.4, -0.2) is 69.4 Å². The molecule has 34 heavy (non-hydrogen) atoms. The van der Waals surface area contributed by atoms with Gasteiger partial charge in [0.15, 0.2) is 5.78 Å². The number of halogens is 1. The first kappa shape index (κ1) is 23.2. The van der Waals surface area contributed by atoms with Crippen molar-refractivity contribution < 1.29 is 19.1 Å². The third-order valence-corrected chi connectivity index (χ3v) is 8.38.